The largest absolute Gasteiger partial charge is 0.370 e. The number of aliphatic imine (C=N–C) groups is 1. The molecule has 0 aliphatic carbocycles. The van der Waals surface area contributed by atoms with Crippen molar-refractivity contribution in [2.24, 2.45) is 10.7 Å². The molecule has 2 aromatic carbocycles. The van der Waals surface area contributed by atoms with Gasteiger partial charge in [0.05, 0.1) is 12.2 Å². The number of benzene rings is 2. The molecule has 0 spiro atoms. The predicted octanol–water partition coefficient (Wildman–Crippen LogP) is 3.11. The number of nitrogens with zero attached hydrogens (tertiary/aromatic N) is 3. The summed E-state index contributed by atoms with van der Waals surface area (Å²) in [5.74, 6) is 0.407. The summed E-state index contributed by atoms with van der Waals surface area (Å²) in [5.41, 5.74) is 10.2. The van der Waals surface area contributed by atoms with E-state index in [1.165, 1.54) is 5.56 Å². The number of aromatic nitrogens is 2. The van der Waals surface area contributed by atoms with Gasteiger partial charge in [-0.05, 0) is 42.8 Å². The third-order valence-corrected chi connectivity index (χ3v) is 3.46. The Kier molecular flexibility index (Phi) is 4.38. The molecule has 3 rings (SSSR count). The Labute approximate surface area is 135 Å². The average molecular weight is 305 g/mol. The van der Waals surface area contributed by atoms with Crippen LogP contribution >= 0.6 is 0 Å². The second kappa shape index (κ2) is 6.79. The molecule has 0 amide bonds. The molecule has 5 nitrogen and oxygen atoms in total. The summed E-state index contributed by atoms with van der Waals surface area (Å²) >= 11 is 0. The van der Waals surface area contributed by atoms with Crippen LogP contribution in [0.4, 0.5) is 5.69 Å². The van der Waals surface area contributed by atoms with Crippen LogP contribution in [0.15, 0.2) is 72.0 Å². The summed E-state index contributed by atoms with van der Waals surface area (Å²) in [6, 6.07) is 18.0. The highest BCUT2D eigenvalue weighted by atomic mass is 15.3. The molecule has 0 saturated carbocycles. The average Bonchev–Trinajstić information content (AvgIpc) is 3.10. The Balaban J connectivity index is 1.61. The lowest BCUT2D eigenvalue weighted by atomic mass is 10.2. The lowest BCUT2D eigenvalue weighted by Crippen LogP contribution is -2.22. The maximum Gasteiger partial charge on any atom is 0.193 e. The molecule has 5 heteroatoms. The first-order valence-electron chi connectivity index (χ1n) is 7.43. The first-order chi connectivity index (χ1) is 11.2. The van der Waals surface area contributed by atoms with Gasteiger partial charge >= 0.3 is 0 Å². The molecule has 0 aliphatic rings. The van der Waals surface area contributed by atoms with Crippen LogP contribution in [0.5, 0.6) is 0 Å². The van der Waals surface area contributed by atoms with Gasteiger partial charge in [-0.3, -0.25) is 0 Å². The third kappa shape index (κ3) is 3.97. The van der Waals surface area contributed by atoms with Crippen molar-refractivity contribution in [2.75, 3.05) is 5.32 Å². The number of anilines is 1. The van der Waals surface area contributed by atoms with Gasteiger partial charge in [0.2, 0.25) is 0 Å². The molecule has 3 aromatic rings. The Hall–Kier alpha value is -3.08. The van der Waals surface area contributed by atoms with E-state index in [4.69, 9.17) is 5.73 Å². The van der Waals surface area contributed by atoms with Crippen LogP contribution in [0, 0.1) is 6.92 Å². The second-order valence-corrected chi connectivity index (χ2v) is 5.31. The molecule has 0 fully saturated rings. The van der Waals surface area contributed by atoms with Gasteiger partial charge in [0.25, 0.3) is 0 Å². The van der Waals surface area contributed by atoms with Crippen molar-refractivity contribution < 1.29 is 0 Å². The molecular formula is C18H19N5. The fourth-order valence-corrected chi connectivity index (χ4v) is 2.18. The zero-order valence-corrected chi connectivity index (χ0v) is 13.0. The van der Waals surface area contributed by atoms with Gasteiger partial charge in [-0.15, -0.1) is 0 Å². The van der Waals surface area contributed by atoms with Crippen molar-refractivity contribution in [1.82, 2.24) is 9.78 Å². The summed E-state index contributed by atoms with van der Waals surface area (Å²) in [5, 5.41) is 7.29. The first kappa shape index (κ1) is 14.8. The van der Waals surface area contributed by atoms with E-state index in [2.05, 4.69) is 15.4 Å². The zero-order valence-electron chi connectivity index (χ0n) is 13.0. The summed E-state index contributed by atoms with van der Waals surface area (Å²) in [7, 11) is 0. The second-order valence-electron chi connectivity index (χ2n) is 5.31. The van der Waals surface area contributed by atoms with Crippen molar-refractivity contribution in [3.8, 4) is 5.69 Å². The molecule has 1 aromatic heterocycles. The molecule has 0 atom stereocenters. The standard InChI is InChI=1S/C18H19N5/c1-14-3-7-16(8-4-14)22-18(19)20-13-15-5-9-17(10-6-15)23-12-2-11-21-23/h2-12H,13H2,1H3,(H3,19,20,22). The monoisotopic (exact) mass is 305 g/mol. The number of hydrogen-bond acceptors (Lipinski definition) is 2. The normalized spacial score (nSPS) is 11.4. The number of rotatable bonds is 4. The minimum absolute atomic E-state index is 0.407. The number of nitrogens with one attached hydrogen (secondary N) is 1. The Morgan fingerprint density at radius 1 is 1.13 bits per heavy atom. The topological polar surface area (TPSA) is 68.2 Å². The van der Waals surface area contributed by atoms with E-state index in [0.29, 0.717) is 12.5 Å². The molecule has 23 heavy (non-hydrogen) atoms. The van der Waals surface area contributed by atoms with E-state index in [9.17, 15) is 0 Å². The van der Waals surface area contributed by atoms with Crippen molar-refractivity contribution in [3.05, 3.63) is 78.1 Å². The SMILES string of the molecule is Cc1ccc(NC(N)=NCc2ccc(-n3cccn3)cc2)cc1. The molecular weight excluding hydrogens is 286 g/mol. The molecule has 0 unspecified atom stereocenters. The van der Waals surface area contributed by atoms with Gasteiger partial charge < -0.3 is 11.1 Å². The van der Waals surface area contributed by atoms with Gasteiger partial charge in [-0.2, -0.15) is 5.10 Å². The zero-order chi connectivity index (χ0) is 16.1. The van der Waals surface area contributed by atoms with Crippen molar-refractivity contribution in [3.63, 3.8) is 0 Å². The summed E-state index contributed by atoms with van der Waals surface area (Å²) < 4.78 is 1.82. The van der Waals surface area contributed by atoms with Gasteiger partial charge in [-0.1, -0.05) is 29.8 Å². The minimum atomic E-state index is 0.407. The van der Waals surface area contributed by atoms with E-state index >= 15 is 0 Å². The van der Waals surface area contributed by atoms with Crippen LogP contribution in [-0.4, -0.2) is 15.7 Å². The fraction of sp³-hybridized carbons (Fsp3) is 0.111. The molecule has 3 N–H and O–H groups in total. The quantitative estimate of drug-likeness (QED) is 0.575. The van der Waals surface area contributed by atoms with Crippen LogP contribution in [0.25, 0.3) is 5.69 Å². The Morgan fingerprint density at radius 2 is 1.87 bits per heavy atom. The fourth-order valence-electron chi connectivity index (χ4n) is 2.18. The number of aryl methyl sites for hydroxylation is 1. The van der Waals surface area contributed by atoms with Crippen LogP contribution in [0.3, 0.4) is 0 Å². The molecule has 1 heterocycles. The molecule has 0 radical (unpaired) electrons. The van der Waals surface area contributed by atoms with Gasteiger partial charge in [0.1, 0.15) is 0 Å². The summed E-state index contributed by atoms with van der Waals surface area (Å²) in [4.78, 5) is 4.37. The van der Waals surface area contributed by atoms with E-state index in [1.54, 1.807) is 6.20 Å². The van der Waals surface area contributed by atoms with E-state index in [1.807, 2.05) is 72.4 Å². The highest BCUT2D eigenvalue weighted by Gasteiger charge is 1.98. The number of hydrogen-bond donors (Lipinski definition) is 2. The van der Waals surface area contributed by atoms with Gasteiger partial charge in [0, 0.05) is 18.1 Å². The van der Waals surface area contributed by atoms with Crippen LogP contribution < -0.4 is 11.1 Å². The smallest absolute Gasteiger partial charge is 0.193 e. The van der Waals surface area contributed by atoms with Crippen molar-refractivity contribution in [2.45, 2.75) is 13.5 Å². The molecule has 0 aliphatic heterocycles. The lowest BCUT2D eigenvalue weighted by Gasteiger charge is -2.06. The third-order valence-electron chi connectivity index (χ3n) is 3.46. The lowest BCUT2D eigenvalue weighted by molar-refractivity contribution is 0.878. The molecule has 116 valence electrons. The predicted molar refractivity (Wildman–Crippen MR) is 93.7 cm³/mol. The van der Waals surface area contributed by atoms with E-state index < -0.39 is 0 Å². The maximum absolute atomic E-state index is 5.92. The Morgan fingerprint density at radius 3 is 2.52 bits per heavy atom. The van der Waals surface area contributed by atoms with Crippen LogP contribution in [-0.2, 0) is 6.54 Å². The highest BCUT2D eigenvalue weighted by molar-refractivity contribution is 5.92. The highest BCUT2D eigenvalue weighted by Crippen LogP contribution is 2.10. The van der Waals surface area contributed by atoms with Gasteiger partial charge in [0.15, 0.2) is 5.96 Å². The number of guanidine groups is 1. The minimum Gasteiger partial charge on any atom is -0.370 e. The van der Waals surface area contributed by atoms with E-state index in [0.717, 1.165) is 16.9 Å². The van der Waals surface area contributed by atoms with Gasteiger partial charge in [-0.25, -0.2) is 9.67 Å². The first-order valence-corrected chi connectivity index (χ1v) is 7.43. The van der Waals surface area contributed by atoms with E-state index in [-0.39, 0.29) is 0 Å². The van der Waals surface area contributed by atoms with Crippen molar-refractivity contribution in [1.29, 1.82) is 0 Å². The maximum atomic E-state index is 5.92. The van der Waals surface area contributed by atoms with Crippen LogP contribution in [0.1, 0.15) is 11.1 Å². The molecule has 0 saturated heterocycles. The molecule has 0 bridgehead atoms. The summed E-state index contributed by atoms with van der Waals surface area (Å²) in [6.07, 6.45) is 3.67. The van der Waals surface area contributed by atoms with Crippen LogP contribution in [0.2, 0.25) is 0 Å². The summed E-state index contributed by atoms with van der Waals surface area (Å²) in [6.45, 7) is 2.58. The Bertz CT molecular complexity index is 771. The number of nitrogens with two attached hydrogens (primary N) is 1. The van der Waals surface area contributed by atoms with Crippen molar-refractivity contribution >= 4 is 11.6 Å².